The van der Waals surface area contributed by atoms with Gasteiger partial charge >= 0.3 is 0 Å². The van der Waals surface area contributed by atoms with Crippen LogP contribution in [-0.4, -0.2) is 0 Å². The molecule has 0 saturated carbocycles. The van der Waals surface area contributed by atoms with E-state index in [1.54, 1.807) is 0 Å². The van der Waals surface area contributed by atoms with Crippen LogP contribution in [0.5, 0.6) is 0 Å². The second kappa shape index (κ2) is 8.76. The average molecular weight is 506 g/mol. The first-order valence-corrected chi connectivity index (χ1v) is 11.4. The zero-order chi connectivity index (χ0) is 20.4. The van der Waals surface area contributed by atoms with Crippen LogP contribution in [0.4, 0.5) is 0 Å². The van der Waals surface area contributed by atoms with Gasteiger partial charge in [0.2, 0.25) is 0 Å². The second-order valence-corrected chi connectivity index (χ2v) is 9.49. The van der Waals surface area contributed by atoms with Crippen molar-refractivity contribution in [2.24, 2.45) is 0 Å². The summed E-state index contributed by atoms with van der Waals surface area (Å²) in [6, 6.07) is 33.1. The molecule has 4 aromatic carbocycles. The van der Waals surface area contributed by atoms with Crippen molar-refractivity contribution in [3.63, 3.8) is 0 Å². The van der Waals surface area contributed by atoms with Crippen LogP contribution in [0.3, 0.4) is 0 Å². The lowest BCUT2D eigenvalue weighted by atomic mass is 9.93. The molecule has 1 atom stereocenters. The minimum atomic E-state index is 0.241. The minimum absolute atomic E-state index is 0.241. The van der Waals surface area contributed by atoms with Crippen molar-refractivity contribution in [2.45, 2.75) is 19.1 Å². The van der Waals surface area contributed by atoms with E-state index in [0.29, 0.717) is 0 Å². The summed E-state index contributed by atoms with van der Waals surface area (Å²) in [4.78, 5) is 0. The van der Waals surface area contributed by atoms with E-state index in [4.69, 9.17) is 0 Å². The van der Waals surface area contributed by atoms with Gasteiger partial charge in [0, 0.05) is 8.82 Å². The Labute approximate surface area is 192 Å². The van der Waals surface area contributed by atoms with Crippen LogP contribution in [0.15, 0.2) is 91.0 Å². The van der Waals surface area contributed by atoms with Crippen LogP contribution in [-0.2, 0) is 0 Å². The first-order valence-electron chi connectivity index (χ1n) is 9.76. The Morgan fingerprint density at radius 3 is 1.38 bits per heavy atom. The van der Waals surface area contributed by atoms with Crippen molar-refractivity contribution in [2.75, 3.05) is 0 Å². The zero-order valence-electron chi connectivity index (χ0n) is 16.6. The van der Waals surface area contributed by atoms with Crippen molar-refractivity contribution < 1.29 is 0 Å². The average Bonchev–Trinajstić information content (AvgIpc) is 2.74. The predicted octanol–water partition coefficient (Wildman–Crippen LogP) is 8.59. The van der Waals surface area contributed by atoms with Crippen molar-refractivity contribution in [1.82, 2.24) is 0 Å². The molecular weight excluding hydrogens is 483 g/mol. The van der Waals surface area contributed by atoms with Crippen LogP contribution >= 0.6 is 35.2 Å². The molecule has 0 saturated heterocycles. The van der Waals surface area contributed by atoms with Crippen LogP contribution in [0, 0.1) is 10.5 Å². The second-order valence-electron chi connectivity index (χ2n) is 7.47. The highest BCUT2D eigenvalue weighted by Gasteiger charge is 2.08. The van der Waals surface area contributed by atoms with Crippen LogP contribution in [0.25, 0.3) is 33.4 Å². The number of hydrogen-bond acceptors (Lipinski definition) is 1. The first-order chi connectivity index (χ1) is 14.0. The molecule has 0 fully saturated rings. The van der Waals surface area contributed by atoms with Gasteiger partial charge in [-0.2, -0.15) is 12.6 Å². The first kappa shape index (κ1) is 20.2. The summed E-state index contributed by atoms with van der Waals surface area (Å²) < 4.78 is 1.25. The molecule has 0 bridgehead atoms. The maximum atomic E-state index is 4.55. The van der Waals surface area contributed by atoms with Gasteiger partial charge in [0.25, 0.3) is 0 Å². The molecule has 0 spiro atoms. The Balaban J connectivity index is 1.85. The molecule has 0 nitrogen and oxygen atoms in total. The molecule has 2 heteroatoms. The molecule has 0 N–H and O–H groups in total. The molecule has 144 valence electrons. The van der Waals surface area contributed by atoms with E-state index in [9.17, 15) is 0 Å². The van der Waals surface area contributed by atoms with Gasteiger partial charge in [0.15, 0.2) is 0 Å². The lowest BCUT2D eigenvalue weighted by Crippen LogP contribution is -1.88. The molecule has 0 aliphatic carbocycles. The van der Waals surface area contributed by atoms with Crippen molar-refractivity contribution >= 4 is 35.2 Å². The molecule has 4 aromatic rings. The monoisotopic (exact) mass is 506 g/mol. The third-order valence-electron chi connectivity index (χ3n) is 5.22. The molecule has 0 radical (unpaired) electrons. The Bertz CT molecular complexity index is 1050. The summed E-state index contributed by atoms with van der Waals surface area (Å²) in [6.07, 6.45) is 0. The minimum Gasteiger partial charge on any atom is -0.171 e. The van der Waals surface area contributed by atoms with Gasteiger partial charge in [-0.1, -0.05) is 66.2 Å². The Morgan fingerprint density at radius 1 is 0.586 bits per heavy atom. The molecule has 0 unspecified atom stereocenters. The maximum Gasteiger partial charge on any atom is 0.0238 e. The summed E-state index contributed by atoms with van der Waals surface area (Å²) >= 11 is 6.91. The van der Waals surface area contributed by atoms with Crippen molar-refractivity contribution in [1.29, 1.82) is 0 Å². The summed E-state index contributed by atoms with van der Waals surface area (Å²) in [5, 5.41) is 0.241. The smallest absolute Gasteiger partial charge is 0.0238 e. The van der Waals surface area contributed by atoms with E-state index in [0.717, 1.165) is 0 Å². The highest BCUT2D eigenvalue weighted by Crippen LogP contribution is 2.34. The lowest BCUT2D eigenvalue weighted by molar-refractivity contribution is 1.11. The van der Waals surface area contributed by atoms with E-state index in [1.807, 2.05) is 0 Å². The fraction of sp³-hybridized carbons (Fsp3) is 0.111. The Kier molecular flexibility index (Phi) is 6.12. The number of benzene rings is 4. The van der Waals surface area contributed by atoms with Gasteiger partial charge in [-0.05, 0) is 106 Å². The molecule has 0 amide bonds. The van der Waals surface area contributed by atoms with E-state index in [1.165, 1.54) is 48.1 Å². The van der Waals surface area contributed by atoms with E-state index in [-0.39, 0.29) is 5.25 Å². The standard InChI is InChI=1S/C27H23IS/c1-18-3-5-21(6-4-18)24-15-25(22-9-7-20(8-10-22)19(2)29)17-26(16-24)23-11-13-27(28)14-12-23/h3-17,19,29H,1-2H3/t19-/m0/s1. The fourth-order valence-corrected chi connectivity index (χ4v) is 4.00. The van der Waals surface area contributed by atoms with Crippen molar-refractivity contribution in [3.05, 3.63) is 106 Å². The van der Waals surface area contributed by atoms with Crippen LogP contribution in [0.2, 0.25) is 0 Å². The molecule has 0 aliphatic rings. The lowest BCUT2D eigenvalue weighted by Gasteiger charge is -2.12. The normalized spacial score (nSPS) is 12.0. The number of aryl methyl sites for hydroxylation is 1. The quantitative estimate of drug-likeness (QED) is 0.208. The molecule has 0 aromatic heterocycles. The highest BCUT2D eigenvalue weighted by atomic mass is 127. The topological polar surface area (TPSA) is 0 Å². The van der Waals surface area contributed by atoms with Crippen LogP contribution < -0.4 is 0 Å². The summed E-state index contributed by atoms with van der Waals surface area (Å²) in [5.41, 5.74) is 9.93. The zero-order valence-corrected chi connectivity index (χ0v) is 19.6. The SMILES string of the molecule is Cc1ccc(-c2cc(-c3ccc(I)cc3)cc(-c3ccc([C@H](C)S)cc3)c2)cc1. The third kappa shape index (κ3) is 4.76. The number of rotatable bonds is 4. The predicted molar refractivity (Wildman–Crippen MR) is 138 cm³/mol. The Morgan fingerprint density at radius 2 is 0.966 bits per heavy atom. The number of thiol groups is 1. The number of halogens is 1. The van der Waals surface area contributed by atoms with Gasteiger partial charge in [0.1, 0.15) is 0 Å². The molecule has 0 heterocycles. The van der Waals surface area contributed by atoms with E-state index >= 15 is 0 Å². The number of hydrogen-bond donors (Lipinski definition) is 1. The molecule has 29 heavy (non-hydrogen) atoms. The van der Waals surface area contributed by atoms with Crippen molar-refractivity contribution in [3.8, 4) is 33.4 Å². The fourth-order valence-electron chi connectivity index (χ4n) is 3.47. The molecule has 4 rings (SSSR count). The van der Waals surface area contributed by atoms with Gasteiger partial charge in [-0.25, -0.2) is 0 Å². The Hall–Kier alpha value is -2.04. The van der Waals surface area contributed by atoms with Gasteiger partial charge < -0.3 is 0 Å². The summed E-state index contributed by atoms with van der Waals surface area (Å²) in [5.74, 6) is 0. The molecular formula is C27H23IS. The molecule has 0 aliphatic heterocycles. The van der Waals surface area contributed by atoms with Gasteiger partial charge in [-0.15, -0.1) is 0 Å². The maximum absolute atomic E-state index is 4.55. The van der Waals surface area contributed by atoms with E-state index < -0.39 is 0 Å². The largest absolute Gasteiger partial charge is 0.171 e. The van der Waals surface area contributed by atoms with E-state index in [2.05, 4.69) is 140 Å². The van der Waals surface area contributed by atoms with Crippen LogP contribution in [0.1, 0.15) is 23.3 Å². The van der Waals surface area contributed by atoms with Gasteiger partial charge in [0.05, 0.1) is 0 Å². The third-order valence-corrected chi connectivity index (χ3v) is 6.24. The summed E-state index contributed by atoms with van der Waals surface area (Å²) in [6.45, 7) is 4.23. The highest BCUT2D eigenvalue weighted by molar-refractivity contribution is 14.1. The van der Waals surface area contributed by atoms with Gasteiger partial charge in [-0.3, -0.25) is 0 Å². The summed E-state index contributed by atoms with van der Waals surface area (Å²) in [7, 11) is 0.